The maximum atomic E-state index is 12.9. The predicted octanol–water partition coefficient (Wildman–Crippen LogP) is 2.92. The molecule has 2 aromatic carbocycles. The van der Waals surface area contributed by atoms with Crippen LogP contribution in [0, 0.1) is 0 Å². The first-order valence-electron chi connectivity index (χ1n) is 8.97. The number of benzene rings is 2. The van der Waals surface area contributed by atoms with Crippen LogP contribution in [0.3, 0.4) is 0 Å². The van der Waals surface area contributed by atoms with E-state index in [0.717, 1.165) is 5.56 Å². The molecule has 28 heavy (non-hydrogen) atoms. The van der Waals surface area contributed by atoms with Gasteiger partial charge >= 0.3 is 0 Å². The molecule has 0 radical (unpaired) electrons. The fraction of sp³-hybridized carbons (Fsp3) is 0.286. The molecule has 0 saturated carbocycles. The Morgan fingerprint density at radius 2 is 1.82 bits per heavy atom. The quantitative estimate of drug-likeness (QED) is 0.710. The average Bonchev–Trinajstić information content (AvgIpc) is 2.72. The summed E-state index contributed by atoms with van der Waals surface area (Å²) in [5.74, 6) is 0.927. The number of carbonyl (C=O) groups is 1. The van der Waals surface area contributed by atoms with Crippen molar-refractivity contribution < 1.29 is 14.3 Å². The lowest BCUT2D eigenvalue weighted by atomic mass is 10.1. The second kappa shape index (κ2) is 8.12. The Morgan fingerprint density at radius 3 is 2.46 bits per heavy atom. The molecule has 0 saturated heterocycles. The number of nitrogens with zero attached hydrogens (tertiary/aromatic N) is 2. The molecule has 146 valence electrons. The minimum Gasteiger partial charge on any atom is -0.497 e. The predicted molar refractivity (Wildman–Crippen MR) is 107 cm³/mol. The Hall–Kier alpha value is -3.35. The summed E-state index contributed by atoms with van der Waals surface area (Å²) in [4.78, 5) is 25.5. The monoisotopic (exact) mass is 381 g/mol. The highest BCUT2D eigenvalue weighted by Gasteiger charge is 2.18. The van der Waals surface area contributed by atoms with E-state index >= 15 is 0 Å². The molecule has 0 spiro atoms. The van der Waals surface area contributed by atoms with Gasteiger partial charge in [0.25, 0.3) is 11.5 Å². The van der Waals surface area contributed by atoms with Gasteiger partial charge in [-0.2, -0.15) is 5.10 Å². The van der Waals surface area contributed by atoms with E-state index in [4.69, 9.17) is 9.47 Å². The molecule has 1 aromatic heterocycles. The Bertz CT molecular complexity index is 1070. The van der Waals surface area contributed by atoms with Crippen LogP contribution in [0.25, 0.3) is 10.8 Å². The number of amides is 1. The van der Waals surface area contributed by atoms with Crippen molar-refractivity contribution in [3.8, 4) is 11.5 Å². The zero-order valence-electron chi connectivity index (χ0n) is 16.4. The van der Waals surface area contributed by atoms with Crippen LogP contribution >= 0.6 is 0 Å². The number of fused-ring (bicyclic) bond motifs is 1. The number of carbonyl (C=O) groups excluding carboxylic acids is 1. The van der Waals surface area contributed by atoms with E-state index in [9.17, 15) is 9.59 Å². The van der Waals surface area contributed by atoms with E-state index in [1.54, 1.807) is 50.6 Å². The third kappa shape index (κ3) is 3.69. The largest absolute Gasteiger partial charge is 0.497 e. The third-order valence-corrected chi connectivity index (χ3v) is 4.47. The molecule has 0 aliphatic carbocycles. The second-order valence-electron chi connectivity index (χ2n) is 6.60. The van der Waals surface area contributed by atoms with E-state index in [1.807, 2.05) is 19.9 Å². The van der Waals surface area contributed by atoms with E-state index in [1.165, 1.54) is 4.68 Å². The first-order chi connectivity index (χ1) is 13.5. The topological polar surface area (TPSA) is 82.5 Å². The Labute approximate surface area is 162 Å². The van der Waals surface area contributed by atoms with E-state index in [-0.39, 0.29) is 29.7 Å². The van der Waals surface area contributed by atoms with Gasteiger partial charge in [0, 0.05) is 23.6 Å². The van der Waals surface area contributed by atoms with Gasteiger partial charge in [-0.1, -0.05) is 18.2 Å². The minimum atomic E-state index is -0.358. The number of methoxy groups -OCH3 is 2. The van der Waals surface area contributed by atoms with E-state index in [2.05, 4.69) is 10.4 Å². The SMILES string of the molecule is COc1ccc(CNC(=O)c2nn(C(C)C)c(=O)c3ccccc23)c(OC)c1. The molecule has 7 nitrogen and oxygen atoms in total. The summed E-state index contributed by atoms with van der Waals surface area (Å²) in [5, 5.41) is 8.19. The third-order valence-electron chi connectivity index (χ3n) is 4.47. The standard InChI is InChI=1S/C21H23N3O4/c1-13(2)24-21(26)17-8-6-5-7-16(17)19(23-24)20(25)22-12-14-9-10-15(27-3)11-18(14)28-4/h5-11,13H,12H2,1-4H3,(H,22,25). The summed E-state index contributed by atoms with van der Waals surface area (Å²) in [7, 11) is 3.14. The average molecular weight is 381 g/mol. The van der Waals surface area contributed by atoms with Crippen molar-refractivity contribution >= 4 is 16.7 Å². The molecule has 7 heteroatoms. The Balaban J connectivity index is 1.94. The van der Waals surface area contributed by atoms with Crippen molar-refractivity contribution in [1.82, 2.24) is 15.1 Å². The summed E-state index contributed by atoms with van der Waals surface area (Å²) in [6.45, 7) is 3.96. The molecular weight excluding hydrogens is 358 g/mol. The Morgan fingerprint density at radius 1 is 1.11 bits per heavy atom. The first-order valence-corrected chi connectivity index (χ1v) is 8.97. The number of rotatable bonds is 6. The molecule has 1 N–H and O–H groups in total. The molecule has 0 fully saturated rings. The molecule has 0 unspecified atom stereocenters. The number of nitrogens with one attached hydrogen (secondary N) is 1. The molecule has 0 aliphatic rings. The van der Waals surface area contributed by atoms with Crippen LogP contribution in [0.4, 0.5) is 0 Å². The molecule has 0 bridgehead atoms. The van der Waals surface area contributed by atoms with Gasteiger partial charge in [-0.3, -0.25) is 9.59 Å². The van der Waals surface area contributed by atoms with Crippen molar-refractivity contribution in [2.24, 2.45) is 0 Å². The van der Waals surface area contributed by atoms with Crippen LogP contribution in [0.15, 0.2) is 47.3 Å². The van der Waals surface area contributed by atoms with Crippen LogP contribution in [0.5, 0.6) is 11.5 Å². The van der Waals surface area contributed by atoms with Crippen LogP contribution in [0.1, 0.15) is 35.9 Å². The lowest BCUT2D eigenvalue weighted by molar-refractivity contribution is 0.0945. The molecule has 3 rings (SSSR count). The lowest BCUT2D eigenvalue weighted by Gasteiger charge is -2.14. The summed E-state index contributed by atoms with van der Waals surface area (Å²) in [6.07, 6.45) is 0. The Kier molecular flexibility index (Phi) is 5.63. The van der Waals surface area contributed by atoms with Crippen molar-refractivity contribution in [3.63, 3.8) is 0 Å². The first kappa shape index (κ1) is 19.4. The zero-order chi connectivity index (χ0) is 20.3. The molecule has 3 aromatic rings. The van der Waals surface area contributed by atoms with Gasteiger partial charge in [0.2, 0.25) is 0 Å². The number of hydrogen-bond donors (Lipinski definition) is 1. The molecular formula is C21H23N3O4. The van der Waals surface area contributed by atoms with Crippen molar-refractivity contribution in [3.05, 3.63) is 64.1 Å². The fourth-order valence-electron chi connectivity index (χ4n) is 2.98. The van der Waals surface area contributed by atoms with Gasteiger partial charge in [-0.25, -0.2) is 4.68 Å². The summed E-state index contributed by atoms with van der Waals surface area (Å²) < 4.78 is 11.9. The zero-order valence-corrected chi connectivity index (χ0v) is 16.4. The number of aromatic nitrogens is 2. The highest BCUT2D eigenvalue weighted by atomic mass is 16.5. The van der Waals surface area contributed by atoms with Gasteiger partial charge in [0.1, 0.15) is 11.5 Å². The maximum Gasteiger partial charge on any atom is 0.274 e. The van der Waals surface area contributed by atoms with Crippen molar-refractivity contribution in [2.75, 3.05) is 14.2 Å². The molecule has 1 amide bonds. The van der Waals surface area contributed by atoms with Gasteiger partial charge < -0.3 is 14.8 Å². The summed E-state index contributed by atoms with van der Waals surface area (Å²) in [6, 6.07) is 12.2. The summed E-state index contributed by atoms with van der Waals surface area (Å²) in [5.41, 5.74) is 0.813. The lowest BCUT2D eigenvalue weighted by Crippen LogP contribution is -2.31. The smallest absolute Gasteiger partial charge is 0.274 e. The second-order valence-corrected chi connectivity index (χ2v) is 6.60. The number of hydrogen-bond acceptors (Lipinski definition) is 5. The maximum absolute atomic E-state index is 12.9. The normalized spacial score (nSPS) is 10.9. The van der Waals surface area contributed by atoms with Crippen molar-refractivity contribution in [1.29, 1.82) is 0 Å². The van der Waals surface area contributed by atoms with Gasteiger partial charge in [0.15, 0.2) is 5.69 Å². The van der Waals surface area contributed by atoms with Crippen LogP contribution in [-0.4, -0.2) is 29.9 Å². The highest BCUT2D eigenvalue weighted by Crippen LogP contribution is 2.24. The van der Waals surface area contributed by atoms with Crippen LogP contribution < -0.4 is 20.3 Å². The fourth-order valence-corrected chi connectivity index (χ4v) is 2.98. The molecule has 0 aliphatic heterocycles. The summed E-state index contributed by atoms with van der Waals surface area (Å²) >= 11 is 0. The van der Waals surface area contributed by atoms with Gasteiger partial charge in [-0.15, -0.1) is 0 Å². The molecule has 1 heterocycles. The highest BCUT2D eigenvalue weighted by molar-refractivity contribution is 6.04. The van der Waals surface area contributed by atoms with Gasteiger partial charge in [0.05, 0.1) is 25.6 Å². The van der Waals surface area contributed by atoms with Crippen LogP contribution in [-0.2, 0) is 6.54 Å². The van der Waals surface area contributed by atoms with E-state index in [0.29, 0.717) is 22.3 Å². The number of ether oxygens (including phenoxy) is 2. The van der Waals surface area contributed by atoms with Crippen LogP contribution in [0.2, 0.25) is 0 Å². The van der Waals surface area contributed by atoms with Gasteiger partial charge in [-0.05, 0) is 32.0 Å². The van der Waals surface area contributed by atoms with E-state index < -0.39 is 0 Å². The minimum absolute atomic E-state index is 0.162. The molecule has 0 atom stereocenters. The van der Waals surface area contributed by atoms with Crippen molar-refractivity contribution in [2.45, 2.75) is 26.4 Å².